The van der Waals surface area contributed by atoms with E-state index in [-0.39, 0.29) is 11.2 Å². The first-order valence-electron chi connectivity index (χ1n) is 6.31. The van der Waals surface area contributed by atoms with Gasteiger partial charge >= 0.3 is 5.69 Å². The zero-order chi connectivity index (χ0) is 12.6. The van der Waals surface area contributed by atoms with E-state index >= 15 is 0 Å². The number of H-pyrrole nitrogens is 2. The van der Waals surface area contributed by atoms with Gasteiger partial charge in [-0.25, -0.2) is 4.79 Å². The standard InChI is InChI=1S/C14H17N3O/c1-14(6-3-7-16-14)11-5-2-4-10(8-11)12-9-15-13(18)17-12/h2,4-5,8-9,16H,3,6-7H2,1H3,(H2,15,17,18). The van der Waals surface area contributed by atoms with E-state index in [4.69, 9.17) is 0 Å². The topological polar surface area (TPSA) is 60.7 Å². The summed E-state index contributed by atoms with van der Waals surface area (Å²) >= 11 is 0. The van der Waals surface area contributed by atoms with E-state index in [1.807, 2.05) is 12.1 Å². The molecule has 0 radical (unpaired) electrons. The van der Waals surface area contributed by atoms with Crippen molar-refractivity contribution in [1.82, 2.24) is 15.3 Å². The summed E-state index contributed by atoms with van der Waals surface area (Å²) in [7, 11) is 0. The normalized spacial score (nSPS) is 23.4. The number of nitrogens with one attached hydrogen (secondary N) is 3. The molecule has 0 amide bonds. The quantitative estimate of drug-likeness (QED) is 0.755. The Hall–Kier alpha value is -1.81. The van der Waals surface area contributed by atoms with E-state index in [0.29, 0.717) is 0 Å². The van der Waals surface area contributed by atoms with Crippen LogP contribution in [-0.4, -0.2) is 16.5 Å². The number of benzene rings is 1. The highest BCUT2D eigenvalue weighted by Crippen LogP contribution is 2.32. The minimum Gasteiger partial charge on any atom is -0.312 e. The Morgan fingerprint density at radius 3 is 2.89 bits per heavy atom. The third kappa shape index (κ3) is 1.88. The second-order valence-electron chi connectivity index (χ2n) is 5.10. The van der Waals surface area contributed by atoms with Crippen LogP contribution in [0.1, 0.15) is 25.3 Å². The van der Waals surface area contributed by atoms with Crippen LogP contribution in [0.3, 0.4) is 0 Å². The minimum absolute atomic E-state index is 0.0621. The van der Waals surface area contributed by atoms with Gasteiger partial charge < -0.3 is 15.3 Å². The van der Waals surface area contributed by atoms with Crippen molar-refractivity contribution in [1.29, 1.82) is 0 Å². The van der Waals surface area contributed by atoms with Crippen LogP contribution in [0, 0.1) is 0 Å². The van der Waals surface area contributed by atoms with Gasteiger partial charge in [-0.2, -0.15) is 0 Å². The summed E-state index contributed by atoms with van der Waals surface area (Å²) in [6.45, 7) is 3.31. The molecule has 1 atom stereocenters. The molecule has 2 heterocycles. The molecule has 18 heavy (non-hydrogen) atoms. The predicted octanol–water partition coefficient (Wildman–Crippen LogP) is 1.97. The average molecular weight is 243 g/mol. The molecular formula is C14H17N3O. The summed E-state index contributed by atoms with van der Waals surface area (Å²) in [5, 5.41) is 3.55. The SMILES string of the molecule is CC1(c2cccc(-c3c[nH]c(=O)[nH]3)c2)CCCN1. The van der Waals surface area contributed by atoms with E-state index in [1.165, 1.54) is 12.0 Å². The van der Waals surface area contributed by atoms with Gasteiger partial charge in [0.15, 0.2) is 0 Å². The Morgan fingerprint density at radius 2 is 2.22 bits per heavy atom. The maximum atomic E-state index is 11.1. The van der Waals surface area contributed by atoms with E-state index < -0.39 is 0 Å². The molecule has 3 N–H and O–H groups in total. The molecule has 94 valence electrons. The van der Waals surface area contributed by atoms with Crippen molar-refractivity contribution in [3.05, 3.63) is 46.5 Å². The number of rotatable bonds is 2. The third-order valence-corrected chi connectivity index (χ3v) is 3.78. The van der Waals surface area contributed by atoms with E-state index in [2.05, 4.69) is 34.3 Å². The number of hydrogen-bond donors (Lipinski definition) is 3. The highest BCUT2D eigenvalue weighted by atomic mass is 16.1. The smallest absolute Gasteiger partial charge is 0.312 e. The fraction of sp³-hybridized carbons (Fsp3) is 0.357. The molecule has 1 fully saturated rings. The molecular weight excluding hydrogens is 226 g/mol. The summed E-state index contributed by atoms with van der Waals surface area (Å²) in [5.41, 5.74) is 3.05. The van der Waals surface area contributed by atoms with Gasteiger partial charge in [-0.15, -0.1) is 0 Å². The van der Waals surface area contributed by atoms with E-state index in [0.717, 1.165) is 24.2 Å². The largest absolute Gasteiger partial charge is 0.323 e. The molecule has 4 heteroatoms. The fourth-order valence-electron chi connectivity index (χ4n) is 2.66. The molecule has 0 spiro atoms. The number of aromatic amines is 2. The molecule has 1 aromatic carbocycles. The van der Waals surface area contributed by atoms with Crippen molar-refractivity contribution in [2.45, 2.75) is 25.3 Å². The molecule has 4 nitrogen and oxygen atoms in total. The van der Waals surface area contributed by atoms with Gasteiger partial charge in [-0.05, 0) is 43.5 Å². The van der Waals surface area contributed by atoms with Gasteiger partial charge in [-0.1, -0.05) is 18.2 Å². The van der Waals surface area contributed by atoms with Crippen molar-refractivity contribution in [3.8, 4) is 11.3 Å². The van der Waals surface area contributed by atoms with Crippen LogP contribution in [0.5, 0.6) is 0 Å². The summed E-state index contributed by atoms with van der Waals surface area (Å²) < 4.78 is 0. The van der Waals surface area contributed by atoms with E-state index in [9.17, 15) is 4.79 Å². The van der Waals surface area contributed by atoms with Crippen LogP contribution in [0.4, 0.5) is 0 Å². The van der Waals surface area contributed by atoms with Gasteiger partial charge in [0, 0.05) is 11.7 Å². The first-order valence-corrected chi connectivity index (χ1v) is 6.31. The summed E-state index contributed by atoms with van der Waals surface area (Å²) in [6, 6.07) is 8.35. The summed E-state index contributed by atoms with van der Waals surface area (Å²) in [6.07, 6.45) is 4.08. The lowest BCUT2D eigenvalue weighted by molar-refractivity contribution is 0.435. The lowest BCUT2D eigenvalue weighted by atomic mass is 9.89. The monoisotopic (exact) mass is 243 g/mol. The first kappa shape index (κ1) is 11.3. The molecule has 1 aromatic heterocycles. The molecule has 0 bridgehead atoms. The minimum atomic E-state index is -0.166. The van der Waals surface area contributed by atoms with Gasteiger partial charge in [0.25, 0.3) is 0 Å². The van der Waals surface area contributed by atoms with E-state index in [1.54, 1.807) is 6.20 Å². The number of imidazole rings is 1. The summed E-state index contributed by atoms with van der Waals surface area (Å²) in [5.74, 6) is 0. The lowest BCUT2D eigenvalue weighted by Crippen LogP contribution is -2.33. The van der Waals surface area contributed by atoms with Gasteiger partial charge in [0.2, 0.25) is 0 Å². The van der Waals surface area contributed by atoms with Crippen LogP contribution in [0.15, 0.2) is 35.3 Å². The van der Waals surface area contributed by atoms with Crippen LogP contribution in [-0.2, 0) is 5.54 Å². The van der Waals surface area contributed by atoms with Gasteiger partial charge in [0.1, 0.15) is 0 Å². The Bertz CT molecular complexity index is 605. The Kier molecular flexibility index (Phi) is 2.59. The summed E-state index contributed by atoms with van der Waals surface area (Å²) in [4.78, 5) is 16.6. The van der Waals surface area contributed by atoms with Crippen LogP contribution >= 0.6 is 0 Å². The van der Waals surface area contributed by atoms with Crippen LogP contribution in [0.25, 0.3) is 11.3 Å². The highest BCUT2D eigenvalue weighted by molar-refractivity contribution is 5.59. The number of aromatic nitrogens is 2. The molecule has 1 unspecified atom stereocenters. The van der Waals surface area contributed by atoms with Crippen molar-refractivity contribution in [2.24, 2.45) is 0 Å². The maximum Gasteiger partial charge on any atom is 0.323 e. The van der Waals surface area contributed by atoms with Gasteiger partial charge in [-0.3, -0.25) is 0 Å². The molecule has 0 saturated carbocycles. The fourth-order valence-corrected chi connectivity index (χ4v) is 2.66. The molecule has 0 aliphatic carbocycles. The average Bonchev–Trinajstić information content (AvgIpc) is 2.99. The van der Waals surface area contributed by atoms with Gasteiger partial charge in [0.05, 0.1) is 5.69 Å². The van der Waals surface area contributed by atoms with Crippen molar-refractivity contribution >= 4 is 0 Å². The first-order chi connectivity index (χ1) is 8.67. The molecule has 1 aliphatic rings. The number of hydrogen-bond acceptors (Lipinski definition) is 2. The molecule has 1 aliphatic heterocycles. The Balaban J connectivity index is 2.01. The van der Waals surface area contributed by atoms with Crippen molar-refractivity contribution in [3.63, 3.8) is 0 Å². The highest BCUT2D eigenvalue weighted by Gasteiger charge is 2.29. The van der Waals surface area contributed by atoms with Crippen molar-refractivity contribution < 1.29 is 0 Å². The lowest BCUT2D eigenvalue weighted by Gasteiger charge is -2.25. The Labute approximate surface area is 105 Å². The predicted molar refractivity (Wildman–Crippen MR) is 71.4 cm³/mol. The maximum absolute atomic E-state index is 11.1. The third-order valence-electron chi connectivity index (χ3n) is 3.78. The van der Waals surface area contributed by atoms with Crippen molar-refractivity contribution in [2.75, 3.05) is 6.54 Å². The Morgan fingerprint density at radius 1 is 1.33 bits per heavy atom. The second kappa shape index (κ2) is 4.14. The zero-order valence-electron chi connectivity index (χ0n) is 10.4. The zero-order valence-corrected chi connectivity index (χ0v) is 10.4. The molecule has 3 rings (SSSR count). The molecule has 2 aromatic rings. The van der Waals surface area contributed by atoms with Crippen LogP contribution < -0.4 is 11.0 Å². The second-order valence-corrected chi connectivity index (χ2v) is 5.10. The van der Waals surface area contributed by atoms with Crippen LogP contribution in [0.2, 0.25) is 0 Å². The molecule has 1 saturated heterocycles.